The topological polar surface area (TPSA) is 186 Å². The van der Waals surface area contributed by atoms with Gasteiger partial charge in [-0.3, -0.25) is 5.04 Å². The number of carbonyl (C=O) groups excluding carboxylic acids is 1. The van der Waals surface area contributed by atoms with Gasteiger partial charge in [-0.25, -0.2) is 4.98 Å². The molecule has 0 saturated heterocycles. The van der Waals surface area contributed by atoms with Crippen LogP contribution in [0, 0.1) is 25.2 Å². The van der Waals surface area contributed by atoms with Crippen LogP contribution in [0.5, 0.6) is 0 Å². The van der Waals surface area contributed by atoms with Crippen LogP contribution >= 0.6 is 12.0 Å². The first-order valence-electron chi connectivity index (χ1n) is 7.83. The molecule has 0 aliphatic rings. The van der Waals surface area contributed by atoms with Gasteiger partial charge in [0.2, 0.25) is 0 Å². The zero-order chi connectivity index (χ0) is 21.1. The van der Waals surface area contributed by atoms with Crippen LogP contribution in [0.15, 0.2) is 33.3 Å². The SMILES string of the molecule is Cc1nc2c(C#N)c(C)nn2c(N)c1N=Nc1ccc(SOO[O-])cc1C(=O)[O-].[Na+].[Na+]. The van der Waals surface area contributed by atoms with Gasteiger partial charge < -0.3 is 20.9 Å². The fourth-order valence-corrected chi connectivity index (χ4v) is 2.91. The van der Waals surface area contributed by atoms with E-state index in [4.69, 9.17) is 5.73 Å². The van der Waals surface area contributed by atoms with Crippen molar-refractivity contribution in [3.8, 4) is 6.07 Å². The maximum absolute atomic E-state index is 11.4. The number of aromatic carboxylic acids is 1. The Morgan fingerprint density at radius 3 is 2.61 bits per heavy atom. The number of azo groups is 1. The molecule has 12 nitrogen and oxygen atoms in total. The molecule has 0 spiro atoms. The van der Waals surface area contributed by atoms with Gasteiger partial charge in [0, 0.05) is 10.5 Å². The monoisotopic (exact) mass is 459 g/mol. The van der Waals surface area contributed by atoms with E-state index in [0.29, 0.717) is 29.0 Å². The van der Waals surface area contributed by atoms with Gasteiger partial charge in [0.15, 0.2) is 11.5 Å². The molecule has 3 aromatic rings. The molecule has 0 atom stereocenters. The van der Waals surface area contributed by atoms with Crippen LogP contribution in [0.4, 0.5) is 17.2 Å². The fraction of sp³-hybridized carbons (Fsp3) is 0.125. The number of fused-ring (bicyclic) bond motifs is 1. The van der Waals surface area contributed by atoms with Gasteiger partial charge in [-0.15, -0.1) is 10.2 Å². The predicted octanol–water partition coefficient (Wildman–Crippen LogP) is -5.18. The van der Waals surface area contributed by atoms with Crippen molar-refractivity contribution in [2.45, 2.75) is 18.7 Å². The second kappa shape index (κ2) is 11.9. The molecule has 1 aromatic carbocycles. The first kappa shape index (κ1) is 27.5. The maximum Gasteiger partial charge on any atom is 1.00 e. The Labute approximate surface area is 224 Å². The summed E-state index contributed by atoms with van der Waals surface area (Å²) in [6.45, 7) is 3.27. The summed E-state index contributed by atoms with van der Waals surface area (Å²) in [5.41, 5.74) is 7.36. The molecule has 0 unspecified atom stereocenters. The van der Waals surface area contributed by atoms with Crippen LogP contribution in [0.25, 0.3) is 5.65 Å². The molecule has 0 bridgehead atoms. The molecule has 0 fully saturated rings. The van der Waals surface area contributed by atoms with E-state index in [1.807, 2.05) is 6.07 Å². The summed E-state index contributed by atoms with van der Waals surface area (Å²) < 4.78 is 5.43. The Hall–Kier alpha value is -1.57. The molecule has 0 amide bonds. The zero-order valence-corrected chi connectivity index (χ0v) is 21.8. The van der Waals surface area contributed by atoms with Crippen LogP contribution in [-0.4, -0.2) is 20.6 Å². The molecule has 31 heavy (non-hydrogen) atoms. The number of aromatic nitrogens is 3. The molecule has 0 aliphatic carbocycles. The van der Waals surface area contributed by atoms with E-state index in [2.05, 4.69) is 29.7 Å². The van der Waals surface area contributed by atoms with Crippen molar-refractivity contribution in [3.63, 3.8) is 0 Å². The predicted molar refractivity (Wildman–Crippen MR) is 94.6 cm³/mol. The minimum absolute atomic E-state index is 0. The van der Waals surface area contributed by atoms with Gasteiger partial charge in [0.25, 0.3) is 0 Å². The Morgan fingerprint density at radius 2 is 2.00 bits per heavy atom. The van der Waals surface area contributed by atoms with Crippen LogP contribution in [0.3, 0.4) is 0 Å². The molecular formula is C16H11N7Na2O5S. The van der Waals surface area contributed by atoms with Crippen molar-refractivity contribution >= 4 is 40.9 Å². The van der Waals surface area contributed by atoms with Crippen LogP contribution < -0.4 is 75.2 Å². The van der Waals surface area contributed by atoms with Crippen LogP contribution in [0.1, 0.15) is 27.3 Å². The minimum Gasteiger partial charge on any atom is -0.691 e. The van der Waals surface area contributed by atoms with Gasteiger partial charge in [-0.05, 0) is 32.0 Å². The van der Waals surface area contributed by atoms with Crippen LogP contribution in [0.2, 0.25) is 0 Å². The van der Waals surface area contributed by atoms with E-state index in [1.165, 1.54) is 22.7 Å². The number of nitrogen functional groups attached to an aromatic ring is 1. The summed E-state index contributed by atoms with van der Waals surface area (Å²) >= 11 is 0.521. The van der Waals surface area contributed by atoms with Gasteiger partial charge in [0.05, 0.1) is 35.1 Å². The van der Waals surface area contributed by atoms with Crippen molar-refractivity contribution in [2.24, 2.45) is 10.2 Å². The van der Waals surface area contributed by atoms with Crippen molar-refractivity contribution in [2.75, 3.05) is 5.73 Å². The second-order valence-corrected chi connectivity index (χ2v) is 6.40. The Kier molecular flexibility index (Phi) is 10.5. The third-order valence-corrected chi connectivity index (χ3v) is 4.41. The third-order valence-electron chi connectivity index (χ3n) is 3.84. The number of hydrogen-bond donors (Lipinski definition) is 1. The van der Waals surface area contributed by atoms with Crippen molar-refractivity contribution in [3.05, 3.63) is 40.7 Å². The van der Waals surface area contributed by atoms with E-state index in [-0.39, 0.29) is 92.4 Å². The molecule has 2 aromatic heterocycles. The average molecular weight is 459 g/mol. The second-order valence-electron chi connectivity index (χ2n) is 5.62. The van der Waals surface area contributed by atoms with Gasteiger partial charge in [0.1, 0.15) is 17.3 Å². The van der Waals surface area contributed by atoms with E-state index >= 15 is 0 Å². The third kappa shape index (κ3) is 5.82. The maximum atomic E-state index is 11.4. The average Bonchev–Trinajstić information content (AvgIpc) is 3.01. The van der Waals surface area contributed by atoms with Gasteiger partial charge in [-0.1, -0.05) is 0 Å². The number of nitrogens with zero attached hydrogens (tertiary/aromatic N) is 6. The van der Waals surface area contributed by atoms with E-state index in [9.17, 15) is 20.4 Å². The number of benzene rings is 1. The van der Waals surface area contributed by atoms with Crippen LogP contribution in [-0.2, 0) is 9.37 Å². The summed E-state index contributed by atoms with van der Waals surface area (Å²) in [6.07, 6.45) is 0. The fourth-order valence-electron chi connectivity index (χ4n) is 2.51. The zero-order valence-electron chi connectivity index (χ0n) is 16.9. The molecule has 2 N–H and O–H groups in total. The number of nitrogens with two attached hydrogens (primary N) is 1. The first-order chi connectivity index (χ1) is 13.9. The normalized spacial score (nSPS) is 10.5. The number of hydrogen-bond acceptors (Lipinski definition) is 12. The molecule has 2 heterocycles. The summed E-state index contributed by atoms with van der Waals surface area (Å²) in [6, 6.07) is 5.99. The number of aryl methyl sites for hydroxylation is 2. The summed E-state index contributed by atoms with van der Waals surface area (Å²) in [4.78, 5) is 16.0. The number of nitriles is 1. The number of anilines is 1. The molecule has 0 radical (unpaired) electrons. The molecule has 15 heteroatoms. The Morgan fingerprint density at radius 1 is 1.29 bits per heavy atom. The van der Waals surface area contributed by atoms with E-state index in [1.54, 1.807) is 13.8 Å². The summed E-state index contributed by atoms with van der Waals surface area (Å²) in [5.74, 6) is -1.42. The molecular weight excluding hydrogens is 448 g/mol. The minimum atomic E-state index is -1.51. The number of carboxylic acid groups (broad SMARTS) is 1. The molecule has 148 valence electrons. The van der Waals surface area contributed by atoms with E-state index < -0.39 is 5.97 Å². The Balaban J connectivity index is 0.00000240. The van der Waals surface area contributed by atoms with Crippen molar-refractivity contribution in [1.29, 1.82) is 5.26 Å². The quantitative estimate of drug-likeness (QED) is 0.123. The number of rotatable bonds is 6. The van der Waals surface area contributed by atoms with Gasteiger partial charge >= 0.3 is 59.1 Å². The van der Waals surface area contributed by atoms with Crippen molar-refractivity contribution in [1.82, 2.24) is 14.6 Å². The summed E-state index contributed by atoms with van der Waals surface area (Å²) in [5, 5.41) is 45.9. The molecule has 0 saturated carbocycles. The van der Waals surface area contributed by atoms with Gasteiger partial charge in [-0.2, -0.15) is 19.2 Å². The summed E-state index contributed by atoms with van der Waals surface area (Å²) in [7, 11) is 0. The number of carbonyl (C=O) groups is 1. The molecule has 0 aliphatic heterocycles. The molecule has 3 rings (SSSR count). The number of carboxylic acids is 1. The smallest absolute Gasteiger partial charge is 0.691 e. The van der Waals surface area contributed by atoms with Crippen molar-refractivity contribution < 1.29 is 83.6 Å². The Bertz CT molecular complexity index is 1200. The largest absolute Gasteiger partial charge is 1.00 e. The standard InChI is InChI=1S/C16H13N7O5S.2Na/c1-7-11(6-17)15-19-8(2)13(14(18)23(15)22-7)21-20-12-4-3-9(29-28-27-26)5-10(12)16(24)25;;/h3-5,26H,18H2,1-2H3,(H,24,25);;/q;2*+1/p-2. The first-order valence-corrected chi connectivity index (χ1v) is 8.57. The van der Waals surface area contributed by atoms with E-state index in [0.717, 1.165) is 0 Å².